The molecule has 3 nitrogen and oxygen atoms in total. The van der Waals surface area contributed by atoms with Gasteiger partial charge in [-0.25, -0.2) is 0 Å². The molecule has 3 saturated carbocycles. The van der Waals surface area contributed by atoms with Crippen LogP contribution in [0.25, 0.3) is 0 Å². The Labute approximate surface area is 184 Å². The molecule has 3 aliphatic rings. The quantitative estimate of drug-likeness (QED) is 0.520. The second kappa shape index (κ2) is 9.30. The molecular formula is C27H44O3. The Bertz CT molecular complexity index is 683. The highest BCUT2D eigenvalue weighted by Gasteiger charge is 2.50. The van der Waals surface area contributed by atoms with Gasteiger partial charge in [-0.1, -0.05) is 51.0 Å². The Kier molecular flexibility index (Phi) is 7.37. The minimum Gasteiger partial charge on any atom is -0.393 e. The first kappa shape index (κ1) is 23.8. The highest BCUT2D eigenvalue weighted by Crippen LogP contribution is 2.60. The van der Waals surface area contributed by atoms with Crippen LogP contribution in [0.2, 0.25) is 0 Å². The third kappa shape index (κ3) is 5.29. The monoisotopic (exact) mass is 416 g/mol. The minimum absolute atomic E-state index is 0.374. The molecule has 0 amide bonds. The summed E-state index contributed by atoms with van der Waals surface area (Å²) in [5.41, 5.74) is 3.17. The van der Waals surface area contributed by atoms with Gasteiger partial charge >= 0.3 is 0 Å². The van der Waals surface area contributed by atoms with Crippen LogP contribution in [0.4, 0.5) is 0 Å². The maximum Gasteiger partial charge on any atom is 0.0811 e. The third-order valence-corrected chi connectivity index (χ3v) is 8.44. The molecule has 3 N–H and O–H groups in total. The summed E-state index contributed by atoms with van der Waals surface area (Å²) >= 11 is 0. The summed E-state index contributed by atoms with van der Waals surface area (Å²) in [6.07, 6.45) is 13.9. The van der Waals surface area contributed by atoms with Crippen molar-refractivity contribution >= 4 is 0 Å². The molecular weight excluding hydrogens is 372 g/mol. The maximum atomic E-state index is 10.1. The SMILES string of the molecule is C=C1/C(=C\C=C2/CCC[C@@]3(C)C2CC[C@@H]3C(C)CCCC(C)(C)O)C[C@H](O)CC1O. The normalized spacial score (nSPS) is 38.8. The summed E-state index contributed by atoms with van der Waals surface area (Å²) in [4.78, 5) is 0. The molecule has 0 aromatic carbocycles. The highest BCUT2D eigenvalue weighted by atomic mass is 16.3. The Morgan fingerprint density at radius 1 is 1.23 bits per heavy atom. The van der Waals surface area contributed by atoms with Crippen molar-refractivity contribution in [3.05, 3.63) is 35.5 Å². The van der Waals surface area contributed by atoms with Gasteiger partial charge in [0.05, 0.1) is 17.8 Å². The lowest BCUT2D eigenvalue weighted by atomic mass is 9.60. The van der Waals surface area contributed by atoms with Crippen LogP contribution >= 0.6 is 0 Å². The Morgan fingerprint density at radius 3 is 2.67 bits per heavy atom. The van der Waals surface area contributed by atoms with Gasteiger partial charge in [0, 0.05) is 6.42 Å². The van der Waals surface area contributed by atoms with E-state index in [1.54, 1.807) is 5.57 Å². The molecule has 0 radical (unpaired) electrons. The lowest BCUT2D eigenvalue weighted by molar-refractivity contribution is 0.0596. The number of hydrogen-bond donors (Lipinski definition) is 3. The van der Waals surface area contributed by atoms with Gasteiger partial charge in [0.25, 0.3) is 0 Å². The average Bonchev–Trinajstić information content (AvgIpc) is 3.00. The van der Waals surface area contributed by atoms with Crippen LogP contribution in [-0.2, 0) is 0 Å². The van der Waals surface area contributed by atoms with Crippen molar-refractivity contribution in [2.75, 3.05) is 0 Å². The minimum atomic E-state index is -0.615. The zero-order valence-electron chi connectivity index (χ0n) is 19.7. The van der Waals surface area contributed by atoms with E-state index in [9.17, 15) is 15.3 Å². The molecule has 0 saturated heterocycles. The first-order valence-electron chi connectivity index (χ1n) is 12.2. The van der Waals surface area contributed by atoms with Crippen LogP contribution in [0.15, 0.2) is 35.5 Å². The summed E-state index contributed by atoms with van der Waals surface area (Å²) in [6.45, 7) is 12.8. The van der Waals surface area contributed by atoms with Gasteiger partial charge in [-0.2, -0.15) is 0 Å². The van der Waals surface area contributed by atoms with Gasteiger partial charge < -0.3 is 15.3 Å². The van der Waals surface area contributed by atoms with Crippen molar-refractivity contribution in [2.45, 2.75) is 110 Å². The predicted octanol–water partition coefficient (Wildman–Crippen LogP) is 5.70. The third-order valence-electron chi connectivity index (χ3n) is 8.44. The molecule has 0 aromatic heterocycles. The standard InChI is InChI=1S/C27H44O3/c1-18(8-6-14-26(3,4)30)23-12-13-24-20(9-7-15-27(23,24)5)10-11-21-16-22(28)17-25(29)19(21)2/h10-11,18,22-25,28-30H,2,6-9,12-17H2,1,3-5H3/b20-10+,21-11-/t18?,22-,23+,24?,25?,27+/m0/s1. The zero-order valence-corrected chi connectivity index (χ0v) is 19.7. The molecule has 0 bridgehead atoms. The molecule has 6 atom stereocenters. The molecule has 3 unspecified atom stereocenters. The lowest BCUT2D eigenvalue weighted by Crippen LogP contribution is -2.36. The van der Waals surface area contributed by atoms with E-state index >= 15 is 0 Å². The van der Waals surface area contributed by atoms with E-state index in [1.807, 2.05) is 13.8 Å². The number of allylic oxidation sites excluding steroid dienone is 3. The van der Waals surface area contributed by atoms with Crippen molar-refractivity contribution in [3.63, 3.8) is 0 Å². The molecule has 170 valence electrons. The Morgan fingerprint density at radius 2 is 1.97 bits per heavy atom. The number of fused-ring (bicyclic) bond motifs is 1. The van der Waals surface area contributed by atoms with E-state index in [0.717, 1.165) is 29.9 Å². The summed E-state index contributed by atoms with van der Waals surface area (Å²) < 4.78 is 0. The highest BCUT2D eigenvalue weighted by molar-refractivity contribution is 5.38. The topological polar surface area (TPSA) is 60.7 Å². The zero-order chi connectivity index (χ0) is 22.1. The molecule has 0 aromatic rings. The largest absolute Gasteiger partial charge is 0.393 e. The smallest absolute Gasteiger partial charge is 0.0811 e. The van der Waals surface area contributed by atoms with Crippen molar-refractivity contribution in [1.29, 1.82) is 0 Å². The first-order valence-corrected chi connectivity index (χ1v) is 12.2. The number of aliphatic hydroxyl groups is 3. The van der Waals surface area contributed by atoms with Crippen LogP contribution in [0.3, 0.4) is 0 Å². The van der Waals surface area contributed by atoms with E-state index in [0.29, 0.717) is 30.1 Å². The van der Waals surface area contributed by atoms with Crippen LogP contribution in [0, 0.1) is 23.2 Å². The van der Waals surface area contributed by atoms with E-state index in [1.165, 1.54) is 38.5 Å². The van der Waals surface area contributed by atoms with Crippen LogP contribution in [0.5, 0.6) is 0 Å². The number of rotatable bonds is 6. The summed E-state index contributed by atoms with van der Waals surface area (Å²) in [5, 5.41) is 30.2. The Hall–Kier alpha value is -0.900. The van der Waals surface area contributed by atoms with Crippen LogP contribution in [-0.4, -0.2) is 33.1 Å². The molecule has 3 fully saturated rings. The van der Waals surface area contributed by atoms with Crippen LogP contribution in [0.1, 0.15) is 91.9 Å². The number of aliphatic hydroxyl groups excluding tert-OH is 2. The molecule has 0 heterocycles. The molecule has 0 aliphatic heterocycles. The molecule has 3 heteroatoms. The summed E-state index contributed by atoms with van der Waals surface area (Å²) in [5.74, 6) is 2.11. The number of hydrogen-bond acceptors (Lipinski definition) is 3. The van der Waals surface area contributed by atoms with Crippen molar-refractivity contribution < 1.29 is 15.3 Å². The molecule has 30 heavy (non-hydrogen) atoms. The van der Waals surface area contributed by atoms with E-state index in [2.05, 4.69) is 32.6 Å². The second-order valence-corrected chi connectivity index (χ2v) is 11.3. The lowest BCUT2D eigenvalue weighted by Gasteiger charge is -2.44. The Balaban J connectivity index is 1.70. The maximum absolute atomic E-state index is 10.1. The fourth-order valence-electron chi connectivity index (χ4n) is 6.74. The summed E-state index contributed by atoms with van der Waals surface area (Å²) in [7, 11) is 0. The van der Waals surface area contributed by atoms with Gasteiger partial charge in [0.2, 0.25) is 0 Å². The van der Waals surface area contributed by atoms with Gasteiger partial charge in [-0.3, -0.25) is 0 Å². The second-order valence-electron chi connectivity index (χ2n) is 11.3. The van der Waals surface area contributed by atoms with E-state index in [-0.39, 0.29) is 0 Å². The average molecular weight is 417 g/mol. The summed E-state index contributed by atoms with van der Waals surface area (Å²) in [6, 6.07) is 0. The van der Waals surface area contributed by atoms with E-state index in [4.69, 9.17) is 0 Å². The van der Waals surface area contributed by atoms with Gasteiger partial charge in [0.1, 0.15) is 0 Å². The molecule has 3 aliphatic carbocycles. The fraction of sp³-hybridized carbons (Fsp3) is 0.778. The van der Waals surface area contributed by atoms with Crippen LogP contribution < -0.4 is 0 Å². The predicted molar refractivity (Wildman–Crippen MR) is 124 cm³/mol. The fourth-order valence-corrected chi connectivity index (χ4v) is 6.74. The first-order chi connectivity index (χ1) is 14.0. The van der Waals surface area contributed by atoms with Gasteiger partial charge in [0.15, 0.2) is 0 Å². The van der Waals surface area contributed by atoms with Crippen molar-refractivity contribution in [3.8, 4) is 0 Å². The van der Waals surface area contributed by atoms with Crippen molar-refractivity contribution in [2.24, 2.45) is 23.2 Å². The van der Waals surface area contributed by atoms with Crippen molar-refractivity contribution in [1.82, 2.24) is 0 Å². The molecule has 0 spiro atoms. The van der Waals surface area contributed by atoms with Gasteiger partial charge in [-0.15, -0.1) is 0 Å². The molecule has 3 rings (SSSR count). The van der Waals surface area contributed by atoms with E-state index < -0.39 is 17.8 Å². The van der Waals surface area contributed by atoms with Gasteiger partial charge in [-0.05, 0) is 93.1 Å².